The maximum absolute atomic E-state index is 12.3. The van der Waals surface area contributed by atoms with E-state index in [0.29, 0.717) is 16.1 Å². The van der Waals surface area contributed by atoms with Gasteiger partial charge in [-0.15, -0.1) is 0 Å². The number of benzene rings is 1. The van der Waals surface area contributed by atoms with Crippen LogP contribution in [-0.4, -0.2) is 14.9 Å². The molecule has 0 spiro atoms. The van der Waals surface area contributed by atoms with Crippen LogP contribution in [0.5, 0.6) is 5.75 Å². The summed E-state index contributed by atoms with van der Waals surface area (Å²) in [6.07, 6.45) is 5.21. The Morgan fingerprint density at radius 1 is 1.37 bits per heavy atom. The molecule has 0 aliphatic heterocycles. The highest BCUT2D eigenvalue weighted by Gasteiger charge is 2.24. The van der Waals surface area contributed by atoms with E-state index in [1.54, 1.807) is 24.4 Å². The topological polar surface area (TPSA) is 55.1 Å². The third-order valence-electron chi connectivity index (χ3n) is 3.57. The number of aromatic hydroxyl groups is 1. The molecule has 0 radical (unpaired) electrons. The maximum Gasteiger partial charge on any atom is 0.286 e. The van der Waals surface area contributed by atoms with Gasteiger partial charge in [0, 0.05) is 6.07 Å². The van der Waals surface area contributed by atoms with Gasteiger partial charge < -0.3 is 5.11 Å². The van der Waals surface area contributed by atoms with E-state index in [2.05, 4.69) is 21.0 Å². The first-order chi connectivity index (χ1) is 9.16. The predicted molar refractivity (Wildman–Crippen MR) is 75.8 cm³/mol. The highest BCUT2D eigenvalue weighted by atomic mass is 79.9. The van der Waals surface area contributed by atoms with Gasteiger partial charge >= 0.3 is 0 Å². The van der Waals surface area contributed by atoms with Gasteiger partial charge in [0.05, 0.1) is 16.4 Å². The highest BCUT2D eigenvalue weighted by molar-refractivity contribution is 9.10. The van der Waals surface area contributed by atoms with E-state index in [9.17, 15) is 9.90 Å². The number of nitrogens with zero attached hydrogens (tertiary/aromatic N) is 2. The molecule has 1 aromatic carbocycles. The normalized spacial score (nSPS) is 15.2. The average molecular weight is 321 g/mol. The van der Waals surface area contributed by atoms with E-state index in [1.165, 1.54) is 17.2 Å². The smallest absolute Gasteiger partial charge is 0.286 e. The minimum atomic E-state index is -0.185. The standard InChI is InChI=1S/C14H13BrN2O2/c15-13-12(9-3-1-4-9)8-16-17(14(13)19)10-5-2-6-11(18)7-10/h2,5-9,18H,1,3-4H2. The molecule has 0 atom stereocenters. The Labute approximate surface area is 118 Å². The molecule has 1 N–H and O–H groups in total. The van der Waals surface area contributed by atoms with Crippen molar-refractivity contribution < 1.29 is 5.11 Å². The van der Waals surface area contributed by atoms with Gasteiger partial charge in [0.1, 0.15) is 5.75 Å². The summed E-state index contributed by atoms with van der Waals surface area (Å²) in [7, 11) is 0. The van der Waals surface area contributed by atoms with Crippen LogP contribution in [0.4, 0.5) is 0 Å². The quantitative estimate of drug-likeness (QED) is 0.925. The van der Waals surface area contributed by atoms with Crippen LogP contribution >= 0.6 is 15.9 Å². The van der Waals surface area contributed by atoms with Gasteiger partial charge in [0.15, 0.2) is 0 Å². The molecule has 0 unspecified atom stereocenters. The molecule has 3 rings (SSSR count). The monoisotopic (exact) mass is 320 g/mol. The Morgan fingerprint density at radius 2 is 2.16 bits per heavy atom. The van der Waals surface area contributed by atoms with E-state index in [1.807, 2.05) is 0 Å². The number of hydrogen-bond donors (Lipinski definition) is 1. The van der Waals surface area contributed by atoms with Crippen molar-refractivity contribution in [3.8, 4) is 11.4 Å². The van der Waals surface area contributed by atoms with Gasteiger partial charge in [-0.1, -0.05) is 12.5 Å². The van der Waals surface area contributed by atoms with Crippen molar-refractivity contribution in [1.82, 2.24) is 9.78 Å². The van der Waals surface area contributed by atoms with Crippen molar-refractivity contribution in [2.75, 3.05) is 0 Å². The van der Waals surface area contributed by atoms with Crippen molar-refractivity contribution in [2.45, 2.75) is 25.2 Å². The van der Waals surface area contributed by atoms with Crippen LogP contribution in [0, 0.1) is 0 Å². The van der Waals surface area contributed by atoms with Crippen LogP contribution < -0.4 is 5.56 Å². The highest BCUT2D eigenvalue weighted by Crippen LogP contribution is 2.38. The van der Waals surface area contributed by atoms with Crippen LogP contribution in [0.2, 0.25) is 0 Å². The van der Waals surface area contributed by atoms with E-state index in [4.69, 9.17) is 0 Å². The maximum atomic E-state index is 12.3. The molecule has 19 heavy (non-hydrogen) atoms. The Hall–Kier alpha value is -1.62. The molecule has 4 nitrogen and oxygen atoms in total. The van der Waals surface area contributed by atoms with E-state index in [-0.39, 0.29) is 11.3 Å². The Kier molecular flexibility index (Phi) is 3.14. The fourth-order valence-corrected chi connectivity index (χ4v) is 2.85. The van der Waals surface area contributed by atoms with E-state index < -0.39 is 0 Å². The Morgan fingerprint density at radius 3 is 2.79 bits per heavy atom. The number of phenolic OH excluding ortho intramolecular Hbond substituents is 1. The Bertz CT molecular complexity index is 677. The van der Waals surface area contributed by atoms with Gasteiger partial charge in [-0.25, -0.2) is 0 Å². The fraction of sp³-hybridized carbons (Fsp3) is 0.286. The van der Waals surface area contributed by atoms with Gasteiger partial charge in [-0.3, -0.25) is 4.79 Å². The summed E-state index contributed by atoms with van der Waals surface area (Å²) in [5.41, 5.74) is 1.37. The van der Waals surface area contributed by atoms with Crippen molar-refractivity contribution in [3.63, 3.8) is 0 Å². The summed E-state index contributed by atoms with van der Waals surface area (Å²) < 4.78 is 1.88. The molecule has 5 heteroatoms. The molecule has 0 bridgehead atoms. The Balaban J connectivity index is 2.09. The lowest BCUT2D eigenvalue weighted by atomic mass is 9.81. The molecule has 1 aliphatic rings. The minimum absolute atomic E-state index is 0.116. The summed E-state index contributed by atoms with van der Waals surface area (Å²) in [4.78, 5) is 12.3. The van der Waals surface area contributed by atoms with Gasteiger partial charge in [0.2, 0.25) is 0 Å². The van der Waals surface area contributed by atoms with Gasteiger partial charge in [-0.2, -0.15) is 9.78 Å². The number of hydrogen-bond acceptors (Lipinski definition) is 3. The van der Waals surface area contributed by atoms with Gasteiger partial charge in [-0.05, 0) is 52.4 Å². The van der Waals surface area contributed by atoms with Gasteiger partial charge in [0.25, 0.3) is 5.56 Å². The molecule has 1 aromatic heterocycles. The van der Waals surface area contributed by atoms with E-state index in [0.717, 1.165) is 18.4 Å². The second-order valence-corrected chi connectivity index (χ2v) is 5.57. The van der Waals surface area contributed by atoms with Crippen LogP contribution in [0.1, 0.15) is 30.7 Å². The van der Waals surface area contributed by atoms with Crippen molar-refractivity contribution in [1.29, 1.82) is 0 Å². The summed E-state index contributed by atoms with van der Waals surface area (Å²) in [6.45, 7) is 0. The average Bonchev–Trinajstić information content (AvgIpc) is 2.33. The van der Waals surface area contributed by atoms with Crippen molar-refractivity contribution >= 4 is 15.9 Å². The largest absolute Gasteiger partial charge is 0.508 e. The molecule has 2 aromatic rings. The number of phenols is 1. The molecular formula is C14H13BrN2O2. The third-order valence-corrected chi connectivity index (χ3v) is 4.36. The minimum Gasteiger partial charge on any atom is -0.508 e. The summed E-state index contributed by atoms with van der Waals surface area (Å²) >= 11 is 3.39. The lowest BCUT2D eigenvalue weighted by Crippen LogP contribution is -2.25. The molecule has 1 saturated carbocycles. The molecule has 0 amide bonds. The van der Waals surface area contributed by atoms with Crippen LogP contribution in [-0.2, 0) is 0 Å². The summed E-state index contributed by atoms with van der Waals surface area (Å²) in [5.74, 6) is 0.568. The number of aromatic nitrogens is 2. The molecule has 1 fully saturated rings. The molecule has 98 valence electrons. The molecular weight excluding hydrogens is 308 g/mol. The summed E-state index contributed by atoms with van der Waals surface area (Å²) in [5, 5.41) is 13.7. The first-order valence-corrected chi connectivity index (χ1v) is 7.03. The lowest BCUT2D eigenvalue weighted by Gasteiger charge is -2.26. The second-order valence-electron chi connectivity index (χ2n) is 4.78. The van der Waals surface area contributed by atoms with Crippen LogP contribution in [0.3, 0.4) is 0 Å². The van der Waals surface area contributed by atoms with Crippen LogP contribution in [0.15, 0.2) is 39.7 Å². The third kappa shape index (κ3) is 2.18. The molecule has 1 aliphatic carbocycles. The van der Waals surface area contributed by atoms with Crippen molar-refractivity contribution in [2.24, 2.45) is 0 Å². The lowest BCUT2D eigenvalue weighted by molar-refractivity contribution is 0.415. The zero-order chi connectivity index (χ0) is 13.4. The summed E-state index contributed by atoms with van der Waals surface area (Å²) in [6, 6.07) is 6.51. The fourth-order valence-electron chi connectivity index (χ4n) is 2.26. The zero-order valence-corrected chi connectivity index (χ0v) is 11.8. The van der Waals surface area contributed by atoms with Crippen molar-refractivity contribution in [3.05, 3.63) is 50.9 Å². The SMILES string of the molecule is O=c1c(Br)c(C2CCC2)cnn1-c1cccc(O)c1. The first kappa shape index (κ1) is 12.4. The first-order valence-electron chi connectivity index (χ1n) is 6.24. The number of rotatable bonds is 2. The predicted octanol–water partition coefficient (Wildman–Crippen LogP) is 2.97. The number of halogens is 1. The van der Waals surface area contributed by atoms with E-state index >= 15 is 0 Å². The molecule has 0 saturated heterocycles. The second kappa shape index (κ2) is 4.81. The van der Waals surface area contributed by atoms with Crippen LogP contribution in [0.25, 0.3) is 5.69 Å². The molecule has 1 heterocycles. The zero-order valence-electron chi connectivity index (χ0n) is 10.2.